The van der Waals surface area contributed by atoms with E-state index in [0.717, 1.165) is 6.07 Å². The molecular formula is C13H9F3N4O. The van der Waals surface area contributed by atoms with E-state index >= 15 is 0 Å². The number of benzene rings is 1. The van der Waals surface area contributed by atoms with Crippen LogP contribution in [0.25, 0.3) is 22.4 Å². The molecule has 0 spiro atoms. The maximum atomic E-state index is 12.7. The number of aromatic amines is 1. The van der Waals surface area contributed by atoms with Crippen LogP contribution in [-0.4, -0.2) is 25.3 Å². The smallest absolute Gasteiger partial charge is 0.416 e. The first-order valence-corrected chi connectivity index (χ1v) is 5.93. The molecule has 0 amide bonds. The number of phenolic OH excluding ortho intramolecular Hbond substituents is 1. The fourth-order valence-electron chi connectivity index (χ4n) is 2.12. The van der Waals surface area contributed by atoms with Crippen LogP contribution in [0.5, 0.6) is 5.75 Å². The van der Waals surface area contributed by atoms with Gasteiger partial charge in [0.2, 0.25) is 0 Å². The number of H-pyrrole nitrogens is 1. The molecule has 8 heteroatoms. The molecule has 0 aliphatic rings. The van der Waals surface area contributed by atoms with Gasteiger partial charge in [-0.3, -0.25) is 5.10 Å². The minimum Gasteiger partial charge on any atom is -0.507 e. The first-order chi connectivity index (χ1) is 9.86. The first-order valence-electron chi connectivity index (χ1n) is 5.93. The summed E-state index contributed by atoms with van der Waals surface area (Å²) in [6.45, 7) is 1.48. The molecule has 0 saturated carbocycles. The van der Waals surface area contributed by atoms with Crippen molar-refractivity contribution in [2.45, 2.75) is 13.1 Å². The van der Waals surface area contributed by atoms with Gasteiger partial charge >= 0.3 is 6.18 Å². The number of nitrogens with one attached hydrogen (secondary N) is 1. The third-order valence-electron chi connectivity index (χ3n) is 3.06. The van der Waals surface area contributed by atoms with Crippen LogP contribution in [0.2, 0.25) is 0 Å². The van der Waals surface area contributed by atoms with Crippen LogP contribution in [0.4, 0.5) is 13.2 Å². The summed E-state index contributed by atoms with van der Waals surface area (Å²) in [7, 11) is 0. The van der Waals surface area contributed by atoms with Gasteiger partial charge in [0, 0.05) is 5.56 Å². The Morgan fingerprint density at radius 1 is 1.19 bits per heavy atom. The molecular weight excluding hydrogens is 285 g/mol. The summed E-state index contributed by atoms with van der Waals surface area (Å²) in [5.41, 5.74) is 0.767. The standard InChI is InChI=1S/C13H9F3N4O/c1-6-2-7(13(14,15)16)3-10(21)11(6)8-4-17-9-5-18-20-12(9)19-8/h2-5,21H,1H3,(H,18,19,20). The summed E-state index contributed by atoms with van der Waals surface area (Å²) in [5.74, 6) is -0.490. The van der Waals surface area contributed by atoms with Gasteiger partial charge < -0.3 is 5.11 Å². The van der Waals surface area contributed by atoms with Gasteiger partial charge in [0.05, 0.1) is 23.7 Å². The summed E-state index contributed by atoms with van der Waals surface area (Å²) in [6, 6.07) is 1.65. The third-order valence-corrected chi connectivity index (χ3v) is 3.06. The Kier molecular flexibility index (Phi) is 2.82. The molecule has 3 rings (SSSR count). The van der Waals surface area contributed by atoms with Crippen molar-refractivity contribution in [1.29, 1.82) is 0 Å². The summed E-state index contributed by atoms with van der Waals surface area (Å²) in [6.07, 6.45) is -1.65. The maximum absolute atomic E-state index is 12.7. The Morgan fingerprint density at radius 3 is 2.62 bits per heavy atom. The molecule has 0 saturated heterocycles. The van der Waals surface area contributed by atoms with Gasteiger partial charge in [-0.1, -0.05) is 0 Å². The van der Waals surface area contributed by atoms with E-state index < -0.39 is 17.5 Å². The molecule has 1 aromatic carbocycles. The van der Waals surface area contributed by atoms with Gasteiger partial charge in [-0.2, -0.15) is 18.3 Å². The summed E-state index contributed by atoms with van der Waals surface area (Å²) in [4.78, 5) is 8.28. The largest absolute Gasteiger partial charge is 0.507 e. The molecule has 0 radical (unpaired) electrons. The van der Waals surface area contributed by atoms with Crippen LogP contribution < -0.4 is 0 Å². The number of fused-ring (bicyclic) bond motifs is 1. The Hall–Kier alpha value is -2.64. The Balaban J connectivity index is 2.18. The van der Waals surface area contributed by atoms with Crippen molar-refractivity contribution in [2.75, 3.05) is 0 Å². The van der Waals surface area contributed by atoms with Gasteiger partial charge in [0.25, 0.3) is 0 Å². The van der Waals surface area contributed by atoms with Crippen molar-refractivity contribution in [3.05, 3.63) is 35.7 Å². The predicted molar refractivity (Wildman–Crippen MR) is 68.5 cm³/mol. The van der Waals surface area contributed by atoms with Gasteiger partial charge in [0.15, 0.2) is 5.65 Å². The van der Waals surface area contributed by atoms with Gasteiger partial charge in [0.1, 0.15) is 11.3 Å². The number of hydrogen-bond acceptors (Lipinski definition) is 4. The highest BCUT2D eigenvalue weighted by Crippen LogP contribution is 2.38. The van der Waals surface area contributed by atoms with E-state index in [1.807, 2.05) is 0 Å². The zero-order valence-electron chi connectivity index (χ0n) is 10.7. The molecule has 2 heterocycles. The lowest BCUT2D eigenvalue weighted by atomic mass is 10.0. The number of aryl methyl sites for hydroxylation is 1. The summed E-state index contributed by atoms with van der Waals surface area (Å²) >= 11 is 0. The summed E-state index contributed by atoms with van der Waals surface area (Å²) in [5, 5.41) is 16.3. The van der Waals surface area contributed by atoms with Gasteiger partial charge in [-0.05, 0) is 24.6 Å². The van der Waals surface area contributed by atoms with E-state index in [0.29, 0.717) is 17.2 Å². The molecule has 5 nitrogen and oxygen atoms in total. The van der Waals surface area contributed by atoms with Crippen molar-refractivity contribution in [2.24, 2.45) is 0 Å². The molecule has 108 valence electrons. The van der Waals surface area contributed by atoms with E-state index in [1.165, 1.54) is 19.3 Å². The molecule has 3 aromatic rings. The van der Waals surface area contributed by atoms with Crippen LogP contribution in [-0.2, 0) is 6.18 Å². The lowest BCUT2D eigenvalue weighted by Gasteiger charge is -2.12. The second-order valence-corrected chi connectivity index (χ2v) is 4.54. The third kappa shape index (κ3) is 2.28. The molecule has 21 heavy (non-hydrogen) atoms. The number of aromatic hydroxyl groups is 1. The highest BCUT2D eigenvalue weighted by atomic mass is 19.4. The van der Waals surface area contributed by atoms with E-state index in [9.17, 15) is 18.3 Å². The Bertz CT molecular complexity index is 803. The molecule has 0 unspecified atom stereocenters. The Labute approximate surface area is 116 Å². The molecule has 0 aliphatic carbocycles. The normalized spacial score (nSPS) is 12.0. The number of phenols is 1. The van der Waals surface area contributed by atoms with Crippen molar-refractivity contribution >= 4 is 11.2 Å². The molecule has 2 N–H and O–H groups in total. The van der Waals surface area contributed by atoms with Crippen LogP contribution >= 0.6 is 0 Å². The maximum Gasteiger partial charge on any atom is 0.416 e. The van der Waals surface area contributed by atoms with Crippen molar-refractivity contribution in [1.82, 2.24) is 20.2 Å². The SMILES string of the molecule is Cc1cc(C(F)(F)F)cc(O)c1-c1cnc2cn[nH]c2n1. The number of rotatable bonds is 1. The molecule has 0 bridgehead atoms. The van der Waals surface area contributed by atoms with E-state index in [2.05, 4.69) is 20.2 Å². The highest BCUT2D eigenvalue weighted by molar-refractivity contribution is 5.76. The van der Waals surface area contributed by atoms with Crippen molar-refractivity contribution in [3.8, 4) is 17.0 Å². The second-order valence-electron chi connectivity index (χ2n) is 4.54. The number of halogens is 3. The fourth-order valence-corrected chi connectivity index (χ4v) is 2.12. The average molecular weight is 294 g/mol. The second kappa shape index (κ2) is 4.44. The molecule has 0 fully saturated rings. The first kappa shape index (κ1) is 13.3. The van der Waals surface area contributed by atoms with Crippen molar-refractivity contribution < 1.29 is 18.3 Å². The van der Waals surface area contributed by atoms with E-state index in [-0.39, 0.29) is 16.8 Å². The number of aromatic nitrogens is 4. The average Bonchev–Trinajstić information content (AvgIpc) is 2.84. The molecule has 0 aliphatic heterocycles. The predicted octanol–water partition coefficient (Wildman–Crippen LogP) is 3.05. The number of alkyl halides is 3. The number of nitrogens with zero attached hydrogens (tertiary/aromatic N) is 3. The van der Waals surface area contributed by atoms with E-state index in [4.69, 9.17) is 0 Å². The van der Waals surface area contributed by atoms with E-state index in [1.54, 1.807) is 0 Å². The molecule has 2 aromatic heterocycles. The minimum atomic E-state index is -4.51. The zero-order chi connectivity index (χ0) is 15.2. The Morgan fingerprint density at radius 2 is 1.95 bits per heavy atom. The fraction of sp³-hybridized carbons (Fsp3) is 0.154. The van der Waals surface area contributed by atoms with Crippen LogP contribution in [0.15, 0.2) is 24.5 Å². The lowest BCUT2D eigenvalue weighted by molar-refractivity contribution is -0.137. The van der Waals surface area contributed by atoms with Crippen LogP contribution in [0.1, 0.15) is 11.1 Å². The zero-order valence-corrected chi connectivity index (χ0v) is 10.7. The quantitative estimate of drug-likeness (QED) is 0.723. The lowest BCUT2D eigenvalue weighted by Crippen LogP contribution is -2.05. The minimum absolute atomic E-state index is 0.215. The summed E-state index contributed by atoms with van der Waals surface area (Å²) < 4.78 is 38.1. The van der Waals surface area contributed by atoms with Crippen LogP contribution in [0.3, 0.4) is 0 Å². The highest BCUT2D eigenvalue weighted by Gasteiger charge is 2.32. The van der Waals surface area contributed by atoms with Gasteiger partial charge in [-0.25, -0.2) is 9.97 Å². The van der Waals surface area contributed by atoms with Gasteiger partial charge in [-0.15, -0.1) is 0 Å². The topological polar surface area (TPSA) is 74.7 Å². The van der Waals surface area contributed by atoms with Crippen LogP contribution in [0, 0.1) is 6.92 Å². The van der Waals surface area contributed by atoms with Crippen molar-refractivity contribution in [3.63, 3.8) is 0 Å². The molecule has 0 atom stereocenters. The number of hydrogen-bond donors (Lipinski definition) is 2. The monoisotopic (exact) mass is 294 g/mol.